The molecule has 3 amide bonds. The minimum atomic E-state index is -0.623. The van der Waals surface area contributed by atoms with Gasteiger partial charge in [-0.3, -0.25) is 14.4 Å². The third-order valence-corrected chi connectivity index (χ3v) is 10.2. The number of aryl methyl sites for hydroxylation is 1. The summed E-state index contributed by atoms with van der Waals surface area (Å²) in [6.45, 7) is 10.5. The molecule has 1 heterocycles. The first kappa shape index (κ1) is 37.6. The van der Waals surface area contributed by atoms with Gasteiger partial charge in [0.1, 0.15) is 6.04 Å². The van der Waals surface area contributed by atoms with Crippen LogP contribution in [-0.4, -0.2) is 42.3 Å². The van der Waals surface area contributed by atoms with Gasteiger partial charge >= 0.3 is 0 Å². The maximum Gasteiger partial charge on any atom is 0.245 e. The summed E-state index contributed by atoms with van der Waals surface area (Å²) in [4.78, 5) is 38.3. The second kappa shape index (κ2) is 18.4. The number of nitrogens with zero attached hydrogens (tertiary/aromatic N) is 1. The molecular weight excluding hydrogens is 596 g/mol. The van der Waals surface area contributed by atoms with E-state index in [1.54, 1.807) is 0 Å². The summed E-state index contributed by atoms with van der Waals surface area (Å²) < 4.78 is 0. The third kappa shape index (κ3) is 10.8. The van der Waals surface area contributed by atoms with Crippen LogP contribution in [0.25, 0.3) is 0 Å². The molecule has 4 atom stereocenters. The quantitative estimate of drug-likeness (QED) is 0.291. The normalized spacial score (nSPS) is 23.8. The van der Waals surface area contributed by atoms with E-state index in [4.69, 9.17) is 22.1 Å². The number of nitrogens with two attached hydrogens (primary N) is 2. The Kier molecular flexibility index (Phi) is 15.1. The van der Waals surface area contributed by atoms with E-state index < -0.39 is 6.04 Å². The fraction of sp³-hybridized carbons (Fsp3) is 0.605. The fourth-order valence-electron chi connectivity index (χ4n) is 7.37. The lowest BCUT2D eigenvalue weighted by molar-refractivity contribution is -0.137. The van der Waals surface area contributed by atoms with Gasteiger partial charge in [-0.15, -0.1) is 0 Å². The van der Waals surface area contributed by atoms with Gasteiger partial charge in [0.15, 0.2) is 0 Å². The Morgan fingerprint density at radius 1 is 0.978 bits per heavy atom. The Morgan fingerprint density at radius 3 is 2.26 bits per heavy atom. The molecule has 1 aliphatic heterocycles. The number of likely N-dealkylation sites (tertiary alicyclic amines) is 1. The van der Waals surface area contributed by atoms with Crippen molar-refractivity contribution in [1.82, 2.24) is 10.2 Å². The second-order valence-electron chi connectivity index (χ2n) is 14.3. The van der Waals surface area contributed by atoms with E-state index in [0.717, 1.165) is 55.3 Å². The molecule has 2 fully saturated rings. The fourth-order valence-corrected chi connectivity index (χ4v) is 7.50. The van der Waals surface area contributed by atoms with Crippen LogP contribution in [0.3, 0.4) is 0 Å². The topological polar surface area (TPSA) is 119 Å². The first-order valence-electron chi connectivity index (χ1n) is 17.3. The Hall–Kier alpha value is -2.90. The van der Waals surface area contributed by atoms with Gasteiger partial charge in [0.2, 0.25) is 18.2 Å². The lowest BCUT2D eigenvalue weighted by atomic mass is 9.66. The number of halogens is 1. The highest BCUT2D eigenvalue weighted by Gasteiger charge is 2.39. The molecule has 1 saturated heterocycles. The van der Waals surface area contributed by atoms with E-state index in [-0.39, 0.29) is 30.2 Å². The second-order valence-corrected chi connectivity index (χ2v) is 14.7. The number of rotatable bonds is 6. The van der Waals surface area contributed by atoms with Crippen molar-refractivity contribution in [3.8, 4) is 0 Å². The Labute approximate surface area is 282 Å². The molecule has 1 unspecified atom stereocenters. The predicted molar refractivity (Wildman–Crippen MR) is 188 cm³/mol. The molecule has 5 rings (SSSR count). The van der Waals surface area contributed by atoms with Crippen LogP contribution in [0.1, 0.15) is 108 Å². The molecule has 2 aromatic rings. The standard InChI is InChI=1S/C33H44ClN3O2.C4H10.CH3NO/c1-33(25-9-3-2-4-10-25)18-7-20-37(21-19-33)32(39)29(22-23-12-15-26(34)16-13-23)36-31(38)28-17-14-24-8-5-6-11-27(24)30(28)35;1-4(2)3;2-1-3/h5-6,8,11-13,15-16,25,28-30H,2-4,7,9-10,14,17-22,35H2,1H3,(H,36,38);4H,1-3H3;1H,(H2,2,3)/t28-,29-,30+,33?;;/m1../s1. The zero-order valence-corrected chi connectivity index (χ0v) is 29.2. The van der Waals surface area contributed by atoms with Crippen LogP contribution in [0, 0.1) is 23.2 Å². The molecule has 0 bridgehead atoms. The van der Waals surface area contributed by atoms with E-state index in [9.17, 15) is 9.59 Å². The van der Waals surface area contributed by atoms with Gasteiger partial charge in [-0.25, -0.2) is 0 Å². The SMILES string of the molecule is CC(C)C.CC1(C2CCCCC2)CCCN(C(=O)[C@@H](Cc2ccc(Cl)cc2)NC(=O)[C@@H]2CCc3ccccc3[C@@H]2N)CC1.NC=O. The van der Waals surface area contributed by atoms with Crippen LogP contribution in [0.5, 0.6) is 0 Å². The van der Waals surface area contributed by atoms with Crippen molar-refractivity contribution in [3.05, 3.63) is 70.2 Å². The van der Waals surface area contributed by atoms with Crippen molar-refractivity contribution in [1.29, 1.82) is 0 Å². The van der Waals surface area contributed by atoms with Crippen molar-refractivity contribution >= 4 is 29.8 Å². The molecule has 46 heavy (non-hydrogen) atoms. The van der Waals surface area contributed by atoms with Crippen molar-refractivity contribution in [2.24, 2.45) is 34.6 Å². The summed E-state index contributed by atoms with van der Waals surface area (Å²) in [5, 5.41) is 3.83. The molecule has 7 nitrogen and oxygen atoms in total. The molecular formula is C38H57ClN4O3. The molecule has 2 aliphatic carbocycles. The molecule has 5 N–H and O–H groups in total. The van der Waals surface area contributed by atoms with Crippen molar-refractivity contribution in [3.63, 3.8) is 0 Å². The lowest BCUT2D eigenvalue weighted by Gasteiger charge is -2.39. The number of amides is 3. The average molecular weight is 653 g/mol. The minimum Gasteiger partial charge on any atom is -0.372 e. The van der Waals surface area contributed by atoms with Crippen LogP contribution < -0.4 is 16.8 Å². The Balaban J connectivity index is 0.000000751. The molecule has 1 saturated carbocycles. The van der Waals surface area contributed by atoms with E-state index in [1.165, 1.54) is 44.1 Å². The van der Waals surface area contributed by atoms with Gasteiger partial charge < -0.3 is 21.7 Å². The number of primary amides is 1. The largest absolute Gasteiger partial charge is 0.372 e. The Morgan fingerprint density at radius 2 is 1.61 bits per heavy atom. The van der Waals surface area contributed by atoms with Gasteiger partial charge in [-0.1, -0.05) is 95.0 Å². The number of carbonyl (C=O) groups excluding carboxylic acids is 3. The highest BCUT2D eigenvalue weighted by atomic mass is 35.5. The summed E-state index contributed by atoms with van der Waals surface area (Å²) in [7, 11) is 0. The first-order valence-corrected chi connectivity index (χ1v) is 17.7. The van der Waals surface area contributed by atoms with Gasteiger partial charge in [-0.05, 0) is 91.0 Å². The first-order chi connectivity index (χ1) is 22.0. The predicted octanol–water partition coefficient (Wildman–Crippen LogP) is 6.99. The van der Waals surface area contributed by atoms with Crippen molar-refractivity contribution in [2.45, 2.75) is 110 Å². The number of benzene rings is 2. The van der Waals surface area contributed by atoms with Crippen molar-refractivity contribution in [2.75, 3.05) is 13.1 Å². The van der Waals surface area contributed by atoms with Crippen LogP contribution in [0.2, 0.25) is 5.02 Å². The maximum atomic E-state index is 14.1. The molecule has 2 aromatic carbocycles. The monoisotopic (exact) mass is 652 g/mol. The Bertz CT molecular complexity index is 1240. The van der Waals surface area contributed by atoms with E-state index in [1.807, 2.05) is 47.4 Å². The summed E-state index contributed by atoms with van der Waals surface area (Å²) in [5.74, 6) is 1.16. The number of nitrogens with one attached hydrogen (secondary N) is 1. The summed E-state index contributed by atoms with van der Waals surface area (Å²) in [6, 6.07) is 14.7. The number of fused-ring (bicyclic) bond motifs is 1. The number of hydrogen-bond acceptors (Lipinski definition) is 4. The van der Waals surface area contributed by atoms with Crippen LogP contribution in [0.4, 0.5) is 0 Å². The van der Waals surface area contributed by atoms with Gasteiger partial charge in [0.25, 0.3) is 0 Å². The third-order valence-electron chi connectivity index (χ3n) is 9.91. The van der Waals surface area contributed by atoms with Gasteiger partial charge in [0.05, 0.1) is 5.92 Å². The number of carbonyl (C=O) groups is 3. The minimum absolute atomic E-state index is 0.0241. The molecule has 0 aromatic heterocycles. The van der Waals surface area contributed by atoms with Crippen LogP contribution in [0.15, 0.2) is 48.5 Å². The van der Waals surface area contributed by atoms with E-state index in [2.05, 4.69) is 44.8 Å². The van der Waals surface area contributed by atoms with E-state index >= 15 is 0 Å². The zero-order valence-electron chi connectivity index (χ0n) is 28.5. The smallest absolute Gasteiger partial charge is 0.245 e. The average Bonchev–Trinajstić information content (AvgIpc) is 3.24. The van der Waals surface area contributed by atoms with Crippen LogP contribution in [-0.2, 0) is 27.2 Å². The highest BCUT2D eigenvalue weighted by molar-refractivity contribution is 6.30. The lowest BCUT2D eigenvalue weighted by Crippen LogP contribution is -2.52. The molecule has 0 radical (unpaired) electrons. The molecule has 254 valence electrons. The highest BCUT2D eigenvalue weighted by Crippen LogP contribution is 2.45. The van der Waals surface area contributed by atoms with Gasteiger partial charge in [-0.2, -0.15) is 0 Å². The van der Waals surface area contributed by atoms with Crippen LogP contribution >= 0.6 is 11.6 Å². The summed E-state index contributed by atoms with van der Waals surface area (Å²) in [6.07, 6.45) is 12.1. The molecule has 3 aliphatic rings. The van der Waals surface area contributed by atoms with E-state index in [0.29, 0.717) is 23.3 Å². The molecule has 0 spiro atoms. The van der Waals surface area contributed by atoms with Crippen molar-refractivity contribution < 1.29 is 14.4 Å². The maximum absolute atomic E-state index is 14.1. The number of hydrogen-bond donors (Lipinski definition) is 3. The zero-order chi connectivity index (χ0) is 33.7. The molecule has 8 heteroatoms. The van der Waals surface area contributed by atoms with Gasteiger partial charge in [0, 0.05) is 30.6 Å². The summed E-state index contributed by atoms with van der Waals surface area (Å²) >= 11 is 6.13. The summed E-state index contributed by atoms with van der Waals surface area (Å²) in [5.41, 5.74) is 14.3.